The molecule has 0 unspecified atom stereocenters. The third-order valence-electron chi connectivity index (χ3n) is 4.85. The van der Waals surface area contributed by atoms with E-state index in [9.17, 15) is 0 Å². The summed E-state index contributed by atoms with van der Waals surface area (Å²) in [5, 5.41) is 0. The summed E-state index contributed by atoms with van der Waals surface area (Å²) in [6, 6.07) is 0. The van der Waals surface area contributed by atoms with Crippen molar-refractivity contribution >= 4 is 21.7 Å². The van der Waals surface area contributed by atoms with E-state index in [1.807, 2.05) is 0 Å². The number of nitrogen functional groups attached to an aromatic ring is 1. The molecule has 0 spiro atoms. The highest BCUT2D eigenvalue weighted by Crippen LogP contribution is 2.43. The molecule has 1 heterocycles. The van der Waals surface area contributed by atoms with Crippen LogP contribution in [0.1, 0.15) is 68.8 Å². The van der Waals surface area contributed by atoms with Crippen molar-refractivity contribution in [2.75, 3.05) is 12.8 Å². The molecule has 1 aromatic rings. The molecule has 2 fully saturated rings. The Morgan fingerprint density at radius 2 is 1.80 bits per heavy atom. The Labute approximate surface area is 128 Å². The first-order valence-corrected chi connectivity index (χ1v) is 8.34. The molecule has 3 rings (SSSR count). The van der Waals surface area contributed by atoms with Crippen LogP contribution in [0.3, 0.4) is 0 Å². The molecule has 2 saturated carbocycles. The van der Waals surface area contributed by atoms with Gasteiger partial charge in [-0.3, -0.25) is 0 Å². The van der Waals surface area contributed by atoms with Crippen LogP contribution in [0.4, 0.5) is 5.82 Å². The maximum absolute atomic E-state index is 6.12. The number of nitrogens with two attached hydrogens (primary N) is 1. The molecule has 0 atom stereocenters. The molecule has 0 aliphatic heterocycles. The summed E-state index contributed by atoms with van der Waals surface area (Å²) in [5.41, 5.74) is 6.89. The highest BCUT2D eigenvalue weighted by atomic mass is 79.9. The highest BCUT2D eigenvalue weighted by Gasteiger charge is 2.39. The van der Waals surface area contributed by atoms with Crippen LogP contribution < -0.4 is 5.73 Å². The number of anilines is 1. The molecule has 20 heavy (non-hydrogen) atoms. The van der Waals surface area contributed by atoms with Gasteiger partial charge in [0.2, 0.25) is 0 Å². The Hall–Kier alpha value is -0.680. The van der Waals surface area contributed by atoms with Crippen LogP contribution in [0.2, 0.25) is 0 Å². The summed E-state index contributed by atoms with van der Waals surface area (Å²) in [6.45, 7) is 0. The fourth-order valence-electron chi connectivity index (χ4n) is 3.62. The molecule has 4 nitrogen and oxygen atoms in total. The predicted octanol–water partition coefficient (Wildman–Crippen LogP) is 3.89. The zero-order chi connectivity index (χ0) is 14.2. The van der Waals surface area contributed by atoms with Gasteiger partial charge >= 0.3 is 0 Å². The van der Waals surface area contributed by atoms with E-state index in [-0.39, 0.29) is 5.60 Å². The first kappa shape index (κ1) is 14.3. The van der Waals surface area contributed by atoms with Gasteiger partial charge in [0.1, 0.15) is 11.4 Å². The van der Waals surface area contributed by atoms with E-state index < -0.39 is 0 Å². The molecule has 0 radical (unpaired) electrons. The number of aromatic nitrogens is 2. The smallest absolute Gasteiger partial charge is 0.162 e. The van der Waals surface area contributed by atoms with Crippen LogP contribution in [0.15, 0.2) is 4.47 Å². The van der Waals surface area contributed by atoms with E-state index in [1.54, 1.807) is 7.11 Å². The molecule has 0 aromatic carbocycles. The molecule has 1 aromatic heterocycles. The average Bonchev–Trinajstić information content (AvgIpc) is 3.12. The van der Waals surface area contributed by atoms with Gasteiger partial charge in [0.15, 0.2) is 5.82 Å². The van der Waals surface area contributed by atoms with Gasteiger partial charge in [-0.05, 0) is 54.5 Å². The quantitative estimate of drug-likeness (QED) is 0.907. The number of halogens is 1. The number of hydrogen-bond donors (Lipinski definition) is 1. The van der Waals surface area contributed by atoms with E-state index in [0.717, 1.165) is 28.8 Å². The zero-order valence-corrected chi connectivity index (χ0v) is 13.6. The minimum absolute atomic E-state index is 0.317. The lowest BCUT2D eigenvalue weighted by Gasteiger charge is -2.27. The van der Waals surface area contributed by atoms with Gasteiger partial charge in [-0.15, -0.1) is 0 Å². The lowest BCUT2D eigenvalue weighted by Crippen LogP contribution is -2.28. The zero-order valence-electron chi connectivity index (χ0n) is 12.0. The second-order valence-corrected chi connectivity index (χ2v) is 6.81. The summed E-state index contributed by atoms with van der Waals surface area (Å²) in [4.78, 5) is 9.40. The van der Waals surface area contributed by atoms with Crippen molar-refractivity contribution in [3.63, 3.8) is 0 Å². The number of hydrogen-bond acceptors (Lipinski definition) is 4. The van der Waals surface area contributed by atoms with Gasteiger partial charge in [-0.1, -0.05) is 12.8 Å². The maximum atomic E-state index is 6.12. The van der Waals surface area contributed by atoms with Gasteiger partial charge in [0.05, 0.1) is 10.2 Å². The van der Waals surface area contributed by atoms with Gasteiger partial charge in [0.25, 0.3) is 0 Å². The van der Waals surface area contributed by atoms with Gasteiger partial charge in [-0.25, -0.2) is 9.97 Å². The average molecular weight is 340 g/mol. The second-order valence-electron chi connectivity index (χ2n) is 6.02. The van der Waals surface area contributed by atoms with Crippen LogP contribution >= 0.6 is 15.9 Å². The lowest BCUT2D eigenvalue weighted by atomic mass is 9.99. The van der Waals surface area contributed by atoms with Crippen LogP contribution in [-0.4, -0.2) is 17.1 Å². The second kappa shape index (κ2) is 5.60. The molecule has 0 amide bonds. The van der Waals surface area contributed by atoms with E-state index in [1.165, 1.54) is 38.5 Å². The summed E-state index contributed by atoms with van der Waals surface area (Å²) in [7, 11) is 1.77. The number of nitrogens with zero attached hydrogens (tertiary/aromatic N) is 2. The molecule has 2 aliphatic rings. The van der Waals surface area contributed by atoms with E-state index in [0.29, 0.717) is 11.7 Å². The first-order chi connectivity index (χ1) is 9.66. The van der Waals surface area contributed by atoms with Crippen LogP contribution in [0.25, 0.3) is 0 Å². The molecule has 2 aliphatic carbocycles. The summed E-state index contributed by atoms with van der Waals surface area (Å²) >= 11 is 3.58. The Balaban J connectivity index is 2.03. The molecular formula is C15H22BrN3O. The minimum Gasteiger partial charge on any atom is -0.383 e. The first-order valence-electron chi connectivity index (χ1n) is 7.55. The van der Waals surface area contributed by atoms with E-state index in [4.69, 9.17) is 15.5 Å². The van der Waals surface area contributed by atoms with Crippen molar-refractivity contribution in [1.82, 2.24) is 9.97 Å². The topological polar surface area (TPSA) is 61.0 Å². The molecule has 110 valence electrons. The number of ether oxygens (including phenoxy) is 1. The fraction of sp³-hybridized carbons (Fsp3) is 0.733. The SMILES string of the molecule is COC1(c2nc(N)c(Br)c(C3CCCC3)n2)CCCC1. The highest BCUT2D eigenvalue weighted by molar-refractivity contribution is 9.10. The molecule has 0 bridgehead atoms. The van der Waals surface area contributed by atoms with Gasteiger partial charge in [0, 0.05) is 13.0 Å². The summed E-state index contributed by atoms with van der Waals surface area (Å²) < 4.78 is 6.69. The third-order valence-corrected chi connectivity index (χ3v) is 5.67. The van der Waals surface area contributed by atoms with Crippen molar-refractivity contribution < 1.29 is 4.74 Å². The van der Waals surface area contributed by atoms with Gasteiger partial charge in [-0.2, -0.15) is 0 Å². The van der Waals surface area contributed by atoms with E-state index in [2.05, 4.69) is 20.9 Å². The van der Waals surface area contributed by atoms with Crippen LogP contribution in [-0.2, 0) is 10.3 Å². The van der Waals surface area contributed by atoms with Crippen LogP contribution in [0.5, 0.6) is 0 Å². The molecule has 5 heteroatoms. The fourth-order valence-corrected chi connectivity index (χ4v) is 4.12. The van der Waals surface area contributed by atoms with E-state index >= 15 is 0 Å². The molecule has 0 saturated heterocycles. The Morgan fingerprint density at radius 1 is 1.15 bits per heavy atom. The van der Waals surface area contributed by atoms with Crippen molar-refractivity contribution in [2.24, 2.45) is 0 Å². The van der Waals surface area contributed by atoms with Crippen molar-refractivity contribution in [1.29, 1.82) is 0 Å². The standard InChI is InChI=1S/C15H22BrN3O/c1-20-15(8-4-5-9-15)14-18-12(10-6-2-3-7-10)11(16)13(17)19-14/h10H,2-9H2,1H3,(H2,17,18,19). The maximum Gasteiger partial charge on any atom is 0.162 e. The van der Waals surface area contributed by atoms with Crippen LogP contribution in [0, 0.1) is 0 Å². The monoisotopic (exact) mass is 339 g/mol. The number of methoxy groups -OCH3 is 1. The van der Waals surface area contributed by atoms with Crippen molar-refractivity contribution in [2.45, 2.75) is 62.9 Å². The molecular weight excluding hydrogens is 318 g/mol. The summed E-state index contributed by atoms with van der Waals surface area (Å²) in [6.07, 6.45) is 9.31. The lowest BCUT2D eigenvalue weighted by molar-refractivity contribution is -0.0164. The normalized spacial score (nSPS) is 22.5. The Bertz CT molecular complexity index is 494. The van der Waals surface area contributed by atoms with Crippen molar-refractivity contribution in [3.8, 4) is 0 Å². The third kappa shape index (κ3) is 2.35. The predicted molar refractivity (Wildman–Crippen MR) is 82.5 cm³/mol. The largest absolute Gasteiger partial charge is 0.383 e. The van der Waals surface area contributed by atoms with Gasteiger partial charge < -0.3 is 10.5 Å². The molecule has 2 N–H and O–H groups in total. The summed E-state index contributed by atoms with van der Waals surface area (Å²) in [5.74, 6) is 1.86. The Morgan fingerprint density at radius 3 is 2.40 bits per heavy atom. The Kier molecular flexibility index (Phi) is 4.00. The van der Waals surface area contributed by atoms with Crippen molar-refractivity contribution in [3.05, 3.63) is 16.0 Å². The minimum atomic E-state index is -0.317. The number of rotatable bonds is 3.